The molecular weight excluding hydrogens is 460 g/mol. The van der Waals surface area contributed by atoms with Crippen molar-refractivity contribution in [3.63, 3.8) is 0 Å². The molecule has 0 fully saturated rings. The molecule has 0 bridgehead atoms. The molecule has 0 aliphatic carbocycles. The van der Waals surface area contributed by atoms with Crippen molar-refractivity contribution >= 4 is 54.6 Å². The van der Waals surface area contributed by atoms with Gasteiger partial charge in [-0.15, -0.1) is 0 Å². The van der Waals surface area contributed by atoms with Crippen molar-refractivity contribution in [3.05, 3.63) is 133 Å². The molecule has 2 nitrogen and oxygen atoms in total. The van der Waals surface area contributed by atoms with Crippen molar-refractivity contribution in [1.29, 1.82) is 0 Å². The lowest BCUT2D eigenvalue weighted by atomic mass is 10.0. The minimum Gasteiger partial charge on any atom is -0.305 e. The van der Waals surface area contributed by atoms with Crippen LogP contribution in [-0.2, 0) is 0 Å². The monoisotopic (exact) mass is 482 g/mol. The van der Waals surface area contributed by atoms with E-state index >= 15 is 0 Å². The Bertz CT molecular complexity index is 2150. The van der Waals surface area contributed by atoms with Crippen molar-refractivity contribution in [2.24, 2.45) is 0 Å². The molecule has 0 N–H and O–H groups in total. The van der Waals surface area contributed by atoms with Crippen molar-refractivity contribution in [2.75, 3.05) is 0 Å². The normalized spacial score (nSPS) is 12.2. The average Bonchev–Trinajstić information content (AvgIpc) is 3.51. The van der Waals surface area contributed by atoms with Gasteiger partial charge in [-0.3, -0.25) is 0 Å². The van der Waals surface area contributed by atoms with Gasteiger partial charge in [-0.2, -0.15) is 0 Å². The maximum Gasteiger partial charge on any atom is 0.0783 e. The highest BCUT2D eigenvalue weighted by molar-refractivity contribution is 6.22. The SMILES string of the molecule is c1ccc(-c2ccc3c(c2)c2cccc4c2n3c2cccc3c5cc(-c6ccccc6)ccc5n4c32)cc1. The molecule has 0 amide bonds. The van der Waals surface area contributed by atoms with Crippen LogP contribution in [0.25, 0.3) is 76.9 Å². The van der Waals surface area contributed by atoms with Gasteiger partial charge in [0.05, 0.1) is 33.1 Å². The number of fused-ring (bicyclic) bond motifs is 8. The Morgan fingerprint density at radius 1 is 0.289 bits per heavy atom. The minimum absolute atomic E-state index is 1.24. The van der Waals surface area contributed by atoms with Gasteiger partial charge in [0.1, 0.15) is 0 Å². The maximum absolute atomic E-state index is 2.48. The van der Waals surface area contributed by atoms with Gasteiger partial charge in [-0.05, 0) is 58.7 Å². The summed E-state index contributed by atoms with van der Waals surface area (Å²) < 4.78 is 4.96. The number of aromatic nitrogens is 2. The fraction of sp³-hybridized carbons (Fsp3) is 0. The van der Waals surface area contributed by atoms with Crippen LogP contribution in [0.2, 0.25) is 0 Å². The highest BCUT2D eigenvalue weighted by atomic mass is 15.0. The molecule has 2 heteroatoms. The van der Waals surface area contributed by atoms with Gasteiger partial charge in [0.15, 0.2) is 0 Å². The topological polar surface area (TPSA) is 8.82 Å². The number of nitrogens with zero attached hydrogens (tertiary/aromatic N) is 2. The summed E-state index contributed by atoms with van der Waals surface area (Å²) in [4.78, 5) is 0. The molecule has 176 valence electrons. The van der Waals surface area contributed by atoms with Crippen LogP contribution in [0.5, 0.6) is 0 Å². The number of hydrogen-bond donors (Lipinski definition) is 0. The molecule has 0 radical (unpaired) electrons. The third-order valence-electron chi connectivity index (χ3n) is 8.23. The predicted octanol–water partition coefficient (Wildman–Crippen LogP) is 9.58. The number of benzene rings is 6. The summed E-state index contributed by atoms with van der Waals surface area (Å²) in [6.07, 6.45) is 0. The molecule has 0 saturated heterocycles. The molecule has 0 spiro atoms. The summed E-state index contributed by atoms with van der Waals surface area (Å²) in [5.41, 5.74) is 12.5. The standard InChI is InChI=1S/C36H22N2/c1-3-9-23(10-4-1)25-17-19-31-29(21-25)27-13-7-15-33-35(27)37(31)34-16-8-14-28-30-22-26(24-11-5-2-6-12-24)18-20-32(30)38(33)36(28)34/h1-22H. The summed E-state index contributed by atoms with van der Waals surface area (Å²) in [5.74, 6) is 0. The first kappa shape index (κ1) is 20.0. The Balaban J connectivity index is 1.45. The number of rotatable bonds is 2. The highest BCUT2D eigenvalue weighted by Crippen LogP contribution is 2.42. The zero-order valence-corrected chi connectivity index (χ0v) is 20.6. The zero-order chi connectivity index (χ0) is 24.8. The van der Waals surface area contributed by atoms with E-state index < -0.39 is 0 Å². The van der Waals surface area contributed by atoms with E-state index in [-0.39, 0.29) is 0 Å². The largest absolute Gasteiger partial charge is 0.305 e. The molecule has 0 unspecified atom stereocenters. The van der Waals surface area contributed by atoms with E-state index in [1.165, 1.54) is 76.9 Å². The quantitative estimate of drug-likeness (QED) is 0.217. The molecule has 3 aromatic heterocycles. The maximum atomic E-state index is 2.48. The Labute approximate surface area is 218 Å². The Morgan fingerprint density at radius 3 is 1.18 bits per heavy atom. The average molecular weight is 483 g/mol. The minimum atomic E-state index is 1.24. The van der Waals surface area contributed by atoms with E-state index in [1.807, 2.05) is 0 Å². The van der Waals surface area contributed by atoms with Crippen LogP contribution in [0.3, 0.4) is 0 Å². The van der Waals surface area contributed by atoms with E-state index in [1.54, 1.807) is 0 Å². The van der Waals surface area contributed by atoms with Crippen LogP contribution in [-0.4, -0.2) is 8.80 Å². The predicted molar refractivity (Wildman–Crippen MR) is 160 cm³/mol. The summed E-state index contributed by atoms with van der Waals surface area (Å²) in [7, 11) is 0. The molecule has 38 heavy (non-hydrogen) atoms. The van der Waals surface area contributed by atoms with Crippen LogP contribution < -0.4 is 0 Å². The van der Waals surface area contributed by atoms with Crippen molar-refractivity contribution < 1.29 is 0 Å². The van der Waals surface area contributed by atoms with Gasteiger partial charge in [-0.25, -0.2) is 0 Å². The second kappa shape index (κ2) is 7.24. The van der Waals surface area contributed by atoms with Crippen molar-refractivity contribution in [3.8, 4) is 22.3 Å². The first-order chi connectivity index (χ1) is 18.9. The fourth-order valence-electron chi connectivity index (χ4n) is 6.58. The Hall–Kier alpha value is -5.08. The Morgan fingerprint density at radius 2 is 0.737 bits per heavy atom. The van der Waals surface area contributed by atoms with Gasteiger partial charge >= 0.3 is 0 Å². The molecule has 9 rings (SSSR count). The van der Waals surface area contributed by atoms with Gasteiger partial charge in [0.2, 0.25) is 0 Å². The lowest BCUT2D eigenvalue weighted by Gasteiger charge is -2.11. The fourth-order valence-corrected chi connectivity index (χ4v) is 6.58. The van der Waals surface area contributed by atoms with Crippen molar-refractivity contribution in [1.82, 2.24) is 8.80 Å². The van der Waals surface area contributed by atoms with Gasteiger partial charge < -0.3 is 8.80 Å². The van der Waals surface area contributed by atoms with E-state index in [2.05, 4.69) is 142 Å². The lowest BCUT2D eigenvalue weighted by molar-refractivity contribution is 1.26. The summed E-state index contributed by atoms with van der Waals surface area (Å²) in [5, 5.41) is 5.17. The van der Waals surface area contributed by atoms with E-state index in [9.17, 15) is 0 Å². The molecule has 0 atom stereocenters. The first-order valence-corrected chi connectivity index (χ1v) is 13.1. The zero-order valence-electron chi connectivity index (χ0n) is 20.6. The number of para-hydroxylation sites is 2. The van der Waals surface area contributed by atoms with Crippen LogP contribution >= 0.6 is 0 Å². The molecule has 0 saturated carbocycles. The van der Waals surface area contributed by atoms with Gasteiger partial charge in [0.25, 0.3) is 0 Å². The molecular formula is C36H22N2. The molecule has 9 aromatic rings. The Kier molecular flexibility index (Phi) is 3.82. The van der Waals surface area contributed by atoms with E-state index in [0.717, 1.165) is 0 Å². The smallest absolute Gasteiger partial charge is 0.0783 e. The summed E-state index contributed by atoms with van der Waals surface area (Å²) in [6.45, 7) is 0. The molecule has 6 aromatic carbocycles. The first-order valence-electron chi connectivity index (χ1n) is 13.1. The summed E-state index contributed by atoms with van der Waals surface area (Å²) in [6, 6.07) is 48.7. The van der Waals surface area contributed by atoms with Gasteiger partial charge in [0, 0.05) is 21.5 Å². The second-order valence-corrected chi connectivity index (χ2v) is 10.2. The van der Waals surface area contributed by atoms with Crippen LogP contribution in [0.4, 0.5) is 0 Å². The third kappa shape index (κ3) is 2.51. The lowest BCUT2D eigenvalue weighted by Crippen LogP contribution is -1.96. The van der Waals surface area contributed by atoms with Crippen LogP contribution in [0.1, 0.15) is 0 Å². The third-order valence-corrected chi connectivity index (χ3v) is 8.23. The molecule has 0 aliphatic heterocycles. The van der Waals surface area contributed by atoms with Crippen LogP contribution in [0, 0.1) is 0 Å². The molecule has 3 heterocycles. The highest BCUT2D eigenvalue weighted by Gasteiger charge is 2.21. The number of hydrogen-bond acceptors (Lipinski definition) is 0. The molecule has 0 aliphatic rings. The van der Waals surface area contributed by atoms with E-state index in [0.29, 0.717) is 0 Å². The van der Waals surface area contributed by atoms with Crippen molar-refractivity contribution in [2.45, 2.75) is 0 Å². The van der Waals surface area contributed by atoms with Crippen LogP contribution in [0.15, 0.2) is 133 Å². The summed E-state index contributed by atoms with van der Waals surface area (Å²) >= 11 is 0. The van der Waals surface area contributed by atoms with Gasteiger partial charge in [-0.1, -0.05) is 97.1 Å². The van der Waals surface area contributed by atoms with E-state index in [4.69, 9.17) is 0 Å². The second-order valence-electron chi connectivity index (χ2n) is 10.2.